The minimum atomic E-state index is -0.962. The normalized spacial score (nSPS) is 21.6. The van der Waals surface area contributed by atoms with Gasteiger partial charge in [-0.1, -0.05) is 18.2 Å². The van der Waals surface area contributed by atoms with Crippen LogP contribution in [0.15, 0.2) is 79.1 Å². The lowest BCUT2D eigenvalue weighted by molar-refractivity contribution is -0.542. The predicted octanol–water partition coefficient (Wildman–Crippen LogP) is 4.13. The molecule has 3 aromatic carbocycles. The highest BCUT2D eigenvalue weighted by molar-refractivity contribution is 6.23. The number of piperidine rings is 1. The number of anilines is 2. The number of rotatable bonds is 8. The molecule has 10 rings (SSSR count). The standard InChI is InChI=1S/C44H44N10O5/c45-40-39-38(28-8-13-33(14-9-28)59-32-4-2-1-3-5-32)49-41(54(39)47-26-46-40)29-6-10-30(11-7-29)51-20-18-50(19-21-51)23-27-24-52(25-27)31-12-15-34-35(22-31)44(58)53(43(34)57)36-16-17-37(55)48-42(36)56/h1-5,8-9,12-15,22,26-27,29,36H,6-7,10-11,16-21,23-25H2,(H2-,45,46,47,48,55,56)/p+1. The van der Waals surface area contributed by atoms with Crippen molar-refractivity contribution >= 4 is 46.4 Å². The Labute approximate surface area is 340 Å². The van der Waals surface area contributed by atoms with Crippen LogP contribution in [-0.2, 0) is 9.59 Å². The number of carbonyl (C=O) groups is 4. The molecule has 15 heteroatoms. The number of nitrogens with two attached hydrogens (primary N) is 1. The Bertz CT molecular complexity index is 2510. The van der Waals surface area contributed by atoms with Crippen LogP contribution in [0.5, 0.6) is 11.5 Å². The van der Waals surface area contributed by atoms with Gasteiger partial charge in [-0.15, -0.1) is 0 Å². The number of fused-ring (bicyclic) bond motifs is 2. The molecule has 59 heavy (non-hydrogen) atoms. The van der Waals surface area contributed by atoms with Crippen LogP contribution in [0.3, 0.4) is 0 Å². The summed E-state index contributed by atoms with van der Waals surface area (Å²) in [5, 5.41) is 6.87. The Morgan fingerprint density at radius 3 is 2.31 bits per heavy atom. The number of hydrogen-bond acceptors (Lipinski definition) is 11. The molecule has 4 fully saturated rings. The Morgan fingerprint density at radius 1 is 0.831 bits per heavy atom. The highest BCUT2D eigenvalue weighted by Gasteiger charge is 2.45. The van der Waals surface area contributed by atoms with Crippen LogP contribution in [-0.4, -0.2) is 115 Å². The molecule has 3 saturated heterocycles. The van der Waals surface area contributed by atoms with Gasteiger partial charge < -0.3 is 15.4 Å². The maximum absolute atomic E-state index is 13.3. The van der Waals surface area contributed by atoms with Crippen LogP contribution in [0, 0.1) is 5.92 Å². The molecule has 6 heterocycles. The lowest BCUT2D eigenvalue weighted by atomic mass is 9.87. The van der Waals surface area contributed by atoms with Gasteiger partial charge in [0.15, 0.2) is 24.6 Å². The number of imidazole rings is 1. The van der Waals surface area contributed by atoms with Gasteiger partial charge in [-0.05, 0) is 73.9 Å². The number of hydrogen-bond donors (Lipinski definition) is 2. The number of aromatic nitrogens is 4. The van der Waals surface area contributed by atoms with Gasteiger partial charge in [0, 0.05) is 62.0 Å². The van der Waals surface area contributed by atoms with E-state index in [9.17, 15) is 19.2 Å². The lowest BCUT2D eigenvalue weighted by Gasteiger charge is -2.43. The van der Waals surface area contributed by atoms with E-state index in [1.54, 1.807) is 12.1 Å². The zero-order valence-electron chi connectivity index (χ0n) is 32.6. The molecule has 4 amide bonds. The molecule has 0 spiro atoms. The van der Waals surface area contributed by atoms with Crippen molar-refractivity contribution in [3.63, 3.8) is 0 Å². The van der Waals surface area contributed by atoms with E-state index in [1.807, 2.05) is 65.2 Å². The largest absolute Gasteiger partial charge is 0.457 e. The third-order valence-corrected chi connectivity index (χ3v) is 12.6. The highest BCUT2D eigenvalue weighted by atomic mass is 16.5. The third-order valence-electron chi connectivity index (χ3n) is 12.6. The lowest BCUT2D eigenvalue weighted by Crippen LogP contribution is -2.54. The van der Waals surface area contributed by atoms with Crippen molar-refractivity contribution in [1.82, 2.24) is 34.7 Å². The Hall–Kier alpha value is -6.48. The van der Waals surface area contributed by atoms with Crippen LogP contribution < -0.4 is 20.7 Å². The summed E-state index contributed by atoms with van der Waals surface area (Å²) in [6, 6.07) is 22.0. The number of nitrogen functional groups attached to an aromatic ring is 1. The van der Waals surface area contributed by atoms with Crippen LogP contribution >= 0.6 is 0 Å². The SMILES string of the molecule is Nc1ncnn2c(C3CCC(=[N+]4CCN(CC5CN(c6ccc7c(c6)C(=O)N(C6CCC(=O)NC6=O)C7=O)C5)CC4)CC3)nc(-c3ccc(Oc4ccccc4)cc3)c12. The van der Waals surface area contributed by atoms with Crippen molar-refractivity contribution in [1.29, 1.82) is 0 Å². The van der Waals surface area contributed by atoms with Crippen LogP contribution in [0.25, 0.3) is 16.8 Å². The molecule has 5 aliphatic rings. The minimum absolute atomic E-state index is 0.0996. The molecule has 5 aromatic rings. The Kier molecular flexibility index (Phi) is 9.39. The van der Waals surface area contributed by atoms with Gasteiger partial charge in [0.2, 0.25) is 11.8 Å². The summed E-state index contributed by atoms with van der Waals surface area (Å²) in [7, 11) is 0. The molecular weight excluding hydrogens is 749 g/mol. The van der Waals surface area contributed by atoms with Gasteiger partial charge in [0.25, 0.3) is 11.8 Å². The Morgan fingerprint density at radius 2 is 1.56 bits per heavy atom. The maximum atomic E-state index is 13.3. The van der Waals surface area contributed by atoms with Crippen molar-refractivity contribution in [2.45, 2.75) is 50.5 Å². The number of para-hydroxylation sites is 1. The number of ether oxygens (including phenoxy) is 1. The number of benzene rings is 3. The molecule has 1 atom stereocenters. The van der Waals surface area contributed by atoms with Gasteiger partial charge in [-0.2, -0.15) is 5.10 Å². The van der Waals surface area contributed by atoms with E-state index in [2.05, 4.69) is 29.8 Å². The molecule has 3 N–H and O–H groups in total. The number of nitrogens with zero attached hydrogens (tertiary/aromatic N) is 8. The second-order valence-corrected chi connectivity index (χ2v) is 16.2. The van der Waals surface area contributed by atoms with E-state index in [0.717, 1.165) is 116 Å². The topological polar surface area (TPSA) is 171 Å². The van der Waals surface area contributed by atoms with Gasteiger partial charge in [0.1, 0.15) is 40.9 Å². The van der Waals surface area contributed by atoms with Gasteiger partial charge in [-0.3, -0.25) is 34.3 Å². The fraction of sp³-hybridized carbons (Fsp3) is 0.364. The van der Waals surface area contributed by atoms with Crippen molar-refractivity contribution in [3.8, 4) is 22.8 Å². The van der Waals surface area contributed by atoms with Crippen LogP contribution in [0.1, 0.15) is 71.0 Å². The summed E-state index contributed by atoms with van der Waals surface area (Å²) >= 11 is 0. The van der Waals surface area contributed by atoms with Gasteiger partial charge >= 0.3 is 0 Å². The van der Waals surface area contributed by atoms with E-state index in [-0.39, 0.29) is 24.7 Å². The average Bonchev–Trinajstić information content (AvgIpc) is 3.75. The monoisotopic (exact) mass is 793 g/mol. The molecule has 1 unspecified atom stereocenters. The fourth-order valence-corrected chi connectivity index (χ4v) is 9.44. The van der Waals surface area contributed by atoms with Crippen molar-refractivity contribution < 1.29 is 28.5 Å². The summed E-state index contributed by atoms with van der Waals surface area (Å²) in [6.45, 7) is 6.87. The number of carbonyl (C=O) groups excluding carboxylic acids is 4. The zero-order chi connectivity index (χ0) is 40.2. The van der Waals surface area contributed by atoms with E-state index < -0.39 is 23.8 Å². The van der Waals surface area contributed by atoms with E-state index >= 15 is 0 Å². The molecule has 4 aliphatic heterocycles. The highest BCUT2D eigenvalue weighted by Crippen LogP contribution is 2.37. The number of imide groups is 2. The second kappa shape index (κ2) is 15.0. The number of amides is 4. The molecule has 0 bridgehead atoms. The first-order valence-electron chi connectivity index (χ1n) is 20.5. The first-order valence-corrected chi connectivity index (χ1v) is 20.5. The van der Waals surface area contributed by atoms with Crippen molar-refractivity contribution in [2.24, 2.45) is 5.92 Å². The van der Waals surface area contributed by atoms with Crippen molar-refractivity contribution in [3.05, 3.63) is 96.1 Å². The molecule has 2 aromatic heterocycles. The summed E-state index contributed by atoms with van der Waals surface area (Å²) in [5.74, 6) is 1.70. The van der Waals surface area contributed by atoms with Crippen molar-refractivity contribution in [2.75, 3.05) is 56.4 Å². The van der Waals surface area contributed by atoms with Gasteiger partial charge in [0.05, 0.1) is 24.2 Å². The second-order valence-electron chi connectivity index (χ2n) is 16.2. The average molecular weight is 794 g/mol. The molecule has 1 saturated carbocycles. The van der Waals surface area contributed by atoms with Crippen LogP contribution in [0.4, 0.5) is 11.5 Å². The van der Waals surface area contributed by atoms with E-state index in [1.165, 1.54) is 12.0 Å². The molecule has 300 valence electrons. The summed E-state index contributed by atoms with van der Waals surface area (Å²) in [4.78, 5) is 65.8. The first-order chi connectivity index (χ1) is 28.8. The predicted molar refractivity (Wildman–Crippen MR) is 219 cm³/mol. The molecule has 1 aliphatic carbocycles. The summed E-state index contributed by atoms with van der Waals surface area (Å²) in [6.07, 6.45) is 5.80. The zero-order valence-corrected chi connectivity index (χ0v) is 32.6. The molecule has 0 radical (unpaired) electrons. The van der Waals surface area contributed by atoms with E-state index in [4.69, 9.17) is 15.5 Å². The minimum Gasteiger partial charge on any atom is -0.457 e. The van der Waals surface area contributed by atoms with Crippen LogP contribution in [0.2, 0.25) is 0 Å². The maximum Gasteiger partial charge on any atom is 0.262 e. The number of piperazine rings is 1. The quantitative estimate of drug-likeness (QED) is 0.171. The van der Waals surface area contributed by atoms with E-state index in [0.29, 0.717) is 22.9 Å². The van der Waals surface area contributed by atoms with Gasteiger partial charge in [-0.25, -0.2) is 19.1 Å². The summed E-state index contributed by atoms with van der Waals surface area (Å²) in [5.41, 5.74) is 11.9. The summed E-state index contributed by atoms with van der Waals surface area (Å²) < 4.78 is 10.5. The third kappa shape index (κ3) is 6.88. The smallest absolute Gasteiger partial charge is 0.262 e. The molecule has 15 nitrogen and oxygen atoms in total. The molecular formula is C44H45N10O5+. The first kappa shape index (κ1) is 36.8. The fourth-order valence-electron chi connectivity index (χ4n) is 9.44. The Balaban J connectivity index is 0.729. The number of nitrogens with one attached hydrogen (secondary N) is 1.